The number of carbonyl (C=O) groups is 2. The Morgan fingerprint density at radius 1 is 0.821 bits per heavy atom. The number of nitrogens with one attached hydrogen (secondary N) is 1. The molecule has 0 saturated heterocycles. The smallest absolute Gasteiger partial charge is 0.338 e. The summed E-state index contributed by atoms with van der Waals surface area (Å²) in [4.78, 5) is 24.0. The topological polar surface area (TPSA) is 88.0 Å². The fourth-order valence-electron chi connectivity index (χ4n) is 2.49. The van der Waals surface area contributed by atoms with Crippen molar-refractivity contribution in [3.8, 4) is 5.75 Å². The Morgan fingerprint density at radius 3 is 1.96 bits per heavy atom. The SMILES string of the molecule is O=C(COC(=O)c1cccc(O)c1)NN=C(c1ccccc1)c1ccccc1. The first-order chi connectivity index (χ1) is 13.6. The molecule has 3 aromatic carbocycles. The minimum Gasteiger partial charge on any atom is -0.508 e. The largest absolute Gasteiger partial charge is 0.508 e. The highest BCUT2D eigenvalue weighted by molar-refractivity contribution is 6.13. The van der Waals surface area contributed by atoms with E-state index in [0.717, 1.165) is 11.1 Å². The molecule has 0 aliphatic rings. The third-order valence-electron chi connectivity index (χ3n) is 3.80. The molecule has 3 rings (SSSR count). The molecule has 6 heteroatoms. The molecule has 0 atom stereocenters. The summed E-state index contributed by atoms with van der Waals surface area (Å²) in [5.74, 6) is -1.34. The number of carbonyl (C=O) groups excluding carboxylic acids is 2. The van der Waals surface area contributed by atoms with Crippen molar-refractivity contribution in [1.29, 1.82) is 0 Å². The minimum absolute atomic E-state index is 0.0566. The summed E-state index contributed by atoms with van der Waals surface area (Å²) in [6.45, 7) is -0.491. The number of amides is 1. The quantitative estimate of drug-likeness (QED) is 0.394. The van der Waals surface area contributed by atoms with Crippen LogP contribution in [0.1, 0.15) is 21.5 Å². The van der Waals surface area contributed by atoms with Gasteiger partial charge in [-0.3, -0.25) is 4.79 Å². The van der Waals surface area contributed by atoms with Crippen LogP contribution in [0.2, 0.25) is 0 Å². The predicted molar refractivity (Wildman–Crippen MR) is 105 cm³/mol. The van der Waals surface area contributed by atoms with E-state index in [4.69, 9.17) is 4.74 Å². The summed E-state index contributed by atoms with van der Waals surface area (Å²) in [7, 11) is 0. The van der Waals surface area contributed by atoms with Gasteiger partial charge in [-0.2, -0.15) is 5.10 Å². The van der Waals surface area contributed by atoms with Crippen molar-refractivity contribution in [2.75, 3.05) is 6.61 Å². The van der Waals surface area contributed by atoms with Gasteiger partial charge in [0.05, 0.1) is 11.3 Å². The van der Waals surface area contributed by atoms with Crippen LogP contribution in [0.25, 0.3) is 0 Å². The summed E-state index contributed by atoms with van der Waals surface area (Å²) in [6.07, 6.45) is 0. The van der Waals surface area contributed by atoms with E-state index in [1.165, 1.54) is 24.3 Å². The Morgan fingerprint density at radius 2 is 1.39 bits per heavy atom. The van der Waals surface area contributed by atoms with Crippen molar-refractivity contribution in [2.24, 2.45) is 5.10 Å². The standard InChI is InChI=1S/C22H18N2O4/c25-19-13-7-12-18(14-19)22(27)28-15-20(26)23-24-21(16-8-3-1-4-9-16)17-10-5-2-6-11-17/h1-14,25H,15H2,(H,23,26). The zero-order valence-corrected chi connectivity index (χ0v) is 14.9. The number of rotatable bonds is 6. The van der Waals surface area contributed by atoms with Gasteiger partial charge in [-0.05, 0) is 18.2 Å². The molecule has 28 heavy (non-hydrogen) atoms. The summed E-state index contributed by atoms with van der Waals surface area (Å²) in [6, 6.07) is 24.6. The predicted octanol–water partition coefficient (Wildman–Crippen LogP) is 3.12. The number of aromatic hydroxyl groups is 1. The number of phenolic OH excluding ortho intramolecular Hbond substituents is 1. The summed E-state index contributed by atoms with van der Waals surface area (Å²) < 4.78 is 4.96. The Balaban J connectivity index is 1.67. The van der Waals surface area contributed by atoms with E-state index in [2.05, 4.69) is 10.5 Å². The molecule has 0 fully saturated rings. The molecular formula is C22H18N2O4. The normalized spacial score (nSPS) is 10.0. The van der Waals surface area contributed by atoms with Crippen LogP contribution in [0.15, 0.2) is 90.0 Å². The van der Waals surface area contributed by atoms with E-state index in [1.807, 2.05) is 60.7 Å². The van der Waals surface area contributed by atoms with E-state index < -0.39 is 18.5 Å². The van der Waals surface area contributed by atoms with Gasteiger partial charge in [0.15, 0.2) is 6.61 Å². The van der Waals surface area contributed by atoms with Gasteiger partial charge in [0, 0.05) is 11.1 Å². The Labute approximate surface area is 162 Å². The molecule has 0 radical (unpaired) electrons. The number of hydrazone groups is 1. The van der Waals surface area contributed by atoms with Gasteiger partial charge in [0.25, 0.3) is 5.91 Å². The lowest BCUT2D eigenvalue weighted by molar-refractivity contribution is -0.124. The second-order valence-electron chi connectivity index (χ2n) is 5.85. The number of nitrogens with zero attached hydrogens (tertiary/aromatic N) is 1. The van der Waals surface area contributed by atoms with Gasteiger partial charge in [-0.25, -0.2) is 10.2 Å². The number of benzene rings is 3. The lowest BCUT2D eigenvalue weighted by atomic mass is 10.0. The summed E-state index contributed by atoms with van der Waals surface area (Å²) >= 11 is 0. The molecule has 1 amide bonds. The maximum absolute atomic E-state index is 12.1. The van der Waals surface area contributed by atoms with E-state index in [0.29, 0.717) is 5.71 Å². The fourth-order valence-corrected chi connectivity index (χ4v) is 2.49. The molecular weight excluding hydrogens is 356 g/mol. The van der Waals surface area contributed by atoms with Gasteiger partial charge >= 0.3 is 5.97 Å². The van der Waals surface area contributed by atoms with Crippen LogP contribution < -0.4 is 5.43 Å². The Bertz CT molecular complexity index is 944. The summed E-state index contributed by atoms with van der Waals surface area (Å²) in [5, 5.41) is 13.6. The molecule has 0 heterocycles. The van der Waals surface area contributed by atoms with E-state index in [-0.39, 0.29) is 11.3 Å². The second-order valence-corrected chi connectivity index (χ2v) is 5.85. The molecule has 140 valence electrons. The Hall–Kier alpha value is -3.93. The first kappa shape index (κ1) is 18.8. The van der Waals surface area contributed by atoms with Crippen molar-refractivity contribution >= 4 is 17.6 Å². The molecule has 0 aliphatic carbocycles. The van der Waals surface area contributed by atoms with Gasteiger partial charge < -0.3 is 9.84 Å². The highest BCUT2D eigenvalue weighted by atomic mass is 16.5. The molecule has 0 unspecified atom stereocenters. The Kier molecular flexibility index (Phi) is 6.15. The zero-order valence-electron chi connectivity index (χ0n) is 14.9. The highest BCUT2D eigenvalue weighted by Crippen LogP contribution is 2.12. The van der Waals surface area contributed by atoms with Crippen LogP contribution in [0.4, 0.5) is 0 Å². The third-order valence-corrected chi connectivity index (χ3v) is 3.80. The molecule has 0 bridgehead atoms. The number of hydrogen-bond donors (Lipinski definition) is 2. The van der Waals surface area contributed by atoms with E-state index >= 15 is 0 Å². The first-order valence-electron chi connectivity index (χ1n) is 8.57. The molecule has 3 aromatic rings. The van der Waals surface area contributed by atoms with Gasteiger partial charge in [-0.15, -0.1) is 0 Å². The van der Waals surface area contributed by atoms with Crippen LogP contribution in [0.3, 0.4) is 0 Å². The molecule has 0 aliphatic heterocycles. The van der Waals surface area contributed by atoms with E-state index in [9.17, 15) is 14.7 Å². The third kappa shape index (κ3) is 5.04. The van der Waals surface area contributed by atoms with Gasteiger partial charge in [0.2, 0.25) is 0 Å². The molecule has 0 spiro atoms. The van der Waals surface area contributed by atoms with Crippen LogP contribution in [-0.4, -0.2) is 29.3 Å². The first-order valence-corrected chi connectivity index (χ1v) is 8.57. The average molecular weight is 374 g/mol. The van der Waals surface area contributed by atoms with Crippen molar-refractivity contribution in [2.45, 2.75) is 0 Å². The van der Waals surface area contributed by atoms with Crippen molar-refractivity contribution in [3.63, 3.8) is 0 Å². The van der Waals surface area contributed by atoms with Crippen molar-refractivity contribution in [1.82, 2.24) is 5.43 Å². The zero-order chi connectivity index (χ0) is 19.8. The van der Waals surface area contributed by atoms with Gasteiger partial charge in [-0.1, -0.05) is 66.7 Å². The number of ether oxygens (including phenoxy) is 1. The van der Waals surface area contributed by atoms with Crippen LogP contribution in [0, 0.1) is 0 Å². The van der Waals surface area contributed by atoms with Crippen LogP contribution in [0.5, 0.6) is 5.75 Å². The van der Waals surface area contributed by atoms with Crippen LogP contribution in [-0.2, 0) is 9.53 Å². The van der Waals surface area contributed by atoms with Gasteiger partial charge in [0.1, 0.15) is 5.75 Å². The number of esters is 1. The maximum atomic E-state index is 12.1. The second kappa shape index (κ2) is 9.14. The number of hydrogen-bond acceptors (Lipinski definition) is 5. The molecule has 0 saturated carbocycles. The molecule has 6 nitrogen and oxygen atoms in total. The summed E-state index contributed by atoms with van der Waals surface area (Å²) in [5.41, 5.74) is 4.85. The molecule has 2 N–H and O–H groups in total. The lowest BCUT2D eigenvalue weighted by Crippen LogP contribution is -2.26. The fraction of sp³-hybridized carbons (Fsp3) is 0.0455. The van der Waals surface area contributed by atoms with E-state index in [1.54, 1.807) is 0 Å². The van der Waals surface area contributed by atoms with Crippen molar-refractivity contribution < 1.29 is 19.4 Å². The highest BCUT2D eigenvalue weighted by Gasteiger charge is 2.12. The maximum Gasteiger partial charge on any atom is 0.338 e. The minimum atomic E-state index is -0.707. The lowest BCUT2D eigenvalue weighted by Gasteiger charge is -2.08. The number of phenols is 1. The van der Waals surface area contributed by atoms with Crippen molar-refractivity contribution in [3.05, 3.63) is 102 Å². The average Bonchev–Trinajstić information content (AvgIpc) is 2.73. The van der Waals surface area contributed by atoms with Crippen LogP contribution >= 0.6 is 0 Å². The monoisotopic (exact) mass is 374 g/mol. The molecule has 0 aromatic heterocycles.